The Hall–Kier alpha value is -5.25. The molecule has 1 aliphatic rings. The van der Waals surface area contributed by atoms with Crippen molar-refractivity contribution in [3.8, 4) is 11.3 Å². The number of nitrogens with two attached hydrogens (primary N) is 1. The van der Waals surface area contributed by atoms with Crippen LogP contribution >= 0.6 is 0 Å². The van der Waals surface area contributed by atoms with Crippen LogP contribution in [0.15, 0.2) is 91.4 Å². The Morgan fingerprint density at radius 3 is 2.52 bits per heavy atom. The van der Waals surface area contributed by atoms with Crippen molar-refractivity contribution < 1.29 is 14.3 Å². The summed E-state index contributed by atoms with van der Waals surface area (Å²) in [5.41, 5.74) is 9.96. The maximum Gasteiger partial charge on any atom is 0.410 e. The van der Waals surface area contributed by atoms with Gasteiger partial charge in [0.1, 0.15) is 35.3 Å². The van der Waals surface area contributed by atoms with Crippen LogP contribution in [-0.4, -0.2) is 48.8 Å². The Morgan fingerprint density at radius 2 is 1.76 bits per heavy atom. The molecule has 2 atom stereocenters. The lowest BCUT2D eigenvalue weighted by atomic mass is 9.93. The predicted octanol–water partition coefficient (Wildman–Crippen LogP) is 5.53. The molecule has 0 saturated carbocycles. The number of aromatic nitrogens is 4. The molecule has 0 unspecified atom stereocenters. The highest BCUT2D eigenvalue weighted by molar-refractivity contribution is 6.04. The number of pyridine rings is 1. The smallest absolute Gasteiger partial charge is 0.410 e. The number of anilines is 2. The molecule has 0 spiro atoms. The number of ether oxygens (including phenoxy) is 1. The Morgan fingerprint density at radius 1 is 0.976 bits per heavy atom. The van der Waals surface area contributed by atoms with E-state index >= 15 is 0 Å². The molecule has 2 amide bonds. The number of carbonyl (C=O) groups excluding carboxylic acids is 2. The molecule has 3 aromatic heterocycles. The van der Waals surface area contributed by atoms with Crippen LogP contribution in [-0.2, 0) is 11.3 Å². The van der Waals surface area contributed by atoms with Crippen LogP contribution in [0.3, 0.4) is 0 Å². The van der Waals surface area contributed by atoms with Gasteiger partial charge in [0.05, 0.1) is 0 Å². The minimum Gasteiger partial charge on any atom is -0.445 e. The van der Waals surface area contributed by atoms with E-state index in [1.807, 2.05) is 66.1 Å². The maximum absolute atomic E-state index is 13.1. The topological polar surface area (TPSA) is 128 Å². The minimum absolute atomic E-state index is 0.0306. The third-order valence-corrected chi connectivity index (χ3v) is 7.62. The SMILES string of the molecule is C[C@H]1CC[C@@H](c2nc(-c3ccc(C(=O)Nc4ccccn4)cc3)c3c(N)nccn23)CN1C(=O)OCc1ccccc1. The lowest BCUT2D eigenvalue weighted by Gasteiger charge is -2.36. The van der Waals surface area contributed by atoms with E-state index in [0.717, 1.165) is 29.8 Å². The lowest BCUT2D eigenvalue weighted by molar-refractivity contribution is 0.0667. The maximum atomic E-state index is 13.1. The number of benzene rings is 2. The van der Waals surface area contributed by atoms with Crippen molar-refractivity contribution in [2.75, 3.05) is 17.6 Å². The summed E-state index contributed by atoms with van der Waals surface area (Å²) in [7, 11) is 0. The summed E-state index contributed by atoms with van der Waals surface area (Å²) in [4.78, 5) is 41.2. The highest BCUT2D eigenvalue weighted by Crippen LogP contribution is 2.35. The Kier molecular flexibility index (Phi) is 7.50. The van der Waals surface area contributed by atoms with Gasteiger partial charge in [0.2, 0.25) is 0 Å². The van der Waals surface area contributed by atoms with Gasteiger partial charge in [0.15, 0.2) is 0 Å². The molecule has 3 N–H and O–H groups in total. The number of imidazole rings is 1. The number of hydrogen-bond acceptors (Lipinski definition) is 7. The molecule has 5 aromatic rings. The summed E-state index contributed by atoms with van der Waals surface area (Å²) in [6.45, 7) is 2.74. The molecule has 0 bridgehead atoms. The Bertz CT molecular complexity index is 1710. The van der Waals surface area contributed by atoms with Crippen LogP contribution in [0, 0.1) is 0 Å². The zero-order chi connectivity index (χ0) is 29.1. The van der Waals surface area contributed by atoms with Gasteiger partial charge in [-0.25, -0.2) is 19.7 Å². The molecule has 0 radical (unpaired) electrons. The lowest BCUT2D eigenvalue weighted by Crippen LogP contribution is -2.45. The van der Waals surface area contributed by atoms with E-state index in [4.69, 9.17) is 15.5 Å². The summed E-state index contributed by atoms with van der Waals surface area (Å²) in [6, 6.07) is 22.2. The molecule has 6 rings (SSSR count). The van der Waals surface area contributed by atoms with Gasteiger partial charge in [0.25, 0.3) is 5.91 Å². The van der Waals surface area contributed by atoms with E-state index in [9.17, 15) is 9.59 Å². The number of carbonyl (C=O) groups is 2. The van der Waals surface area contributed by atoms with Gasteiger partial charge in [-0.05, 0) is 49.6 Å². The fourth-order valence-corrected chi connectivity index (χ4v) is 5.36. The third-order valence-electron chi connectivity index (χ3n) is 7.62. The number of nitrogen functional groups attached to an aromatic ring is 1. The van der Waals surface area contributed by atoms with Gasteiger partial charge in [-0.2, -0.15) is 0 Å². The minimum atomic E-state index is -0.335. The first-order chi connectivity index (χ1) is 20.5. The number of nitrogens with one attached hydrogen (secondary N) is 1. The van der Waals surface area contributed by atoms with Gasteiger partial charge in [-0.3, -0.25) is 9.20 Å². The summed E-state index contributed by atoms with van der Waals surface area (Å²) < 4.78 is 7.63. The molecular formula is C32H31N7O3. The zero-order valence-electron chi connectivity index (χ0n) is 23.2. The van der Waals surface area contributed by atoms with Crippen LogP contribution in [0.5, 0.6) is 0 Å². The van der Waals surface area contributed by atoms with Crippen molar-refractivity contribution in [2.45, 2.75) is 38.3 Å². The van der Waals surface area contributed by atoms with Gasteiger partial charge in [-0.15, -0.1) is 0 Å². The molecule has 212 valence electrons. The first-order valence-electron chi connectivity index (χ1n) is 13.9. The quantitative estimate of drug-likeness (QED) is 0.279. The highest BCUT2D eigenvalue weighted by atomic mass is 16.6. The second kappa shape index (κ2) is 11.7. The first-order valence-corrected chi connectivity index (χ1v) is 13.9. The van der Waals surface area contributed by atoms with E-state index in [1.165, 1.54) is 0 Å². The number of nitrogens with zero attached hydrogens (tertiary/aromatic N) is 5. The second-order valence-electron chi connectivity index (χ2n) is 10.4. The van der Waals surface area contributed by atoms with E-state index in [-0.39, 0.29) is 30.6 Å². The van der Waals surface area contributed by atoms with E-state index in [1.54, 1.807) is 41.6 Å². The number of likely N-dealkylation sites (tertiary alicyclic amines) is 1. The third kappa shape index (κ3) is 5.51. The number of hydrogen-bond donors (Lipinski definition) is 2. The van der Waals surface area contributed by atoms with Crippen molar-refractivity contribution in [3.05, 3.63) is 108 Å². The summed E-state index contributed by atoms with van der Waals surface area (Å²) in [5, 5.41) is 2.80. The molecule has 1 saturated heterocycles. The molecule has 1 fully saturated rings. The first kappa shape index (κ1) is 26.9. The van der Waals surface area contributed by atoms with Crippen molar-refractivity contribution in [1.82, 2.24) is 24.3 Å². The standard InChI is InChI=1S/C32H31N7O3/c1-21-10-11-25(19-39(21)32(41)42-20-22-7-3-2-4-8-22)30-37-27(28-29(33)35-17-18-38(28)30)23-12-14-24(15-13-23)31(40)36-26-9-5-6-16-34-26/h2-9,12-18,21,25H,10-11,19-20H2,1H3,(H2,33,35)(H,34,36,40)/t21-,25+/m0/s1. The monoisotopic (exact) mass is 561 g/mol. The number of amides is 2. The Balaban J connectivity index is 1.25. The molecule has 1 aliphatic heterocycles. The largest absolute Gasteiger partial charge is 0.445 e. The normalized spacial score (nSPS) is 16.7. The fourth-order valence-electron chi connectivity index (χ4n) is 5.36. The van der Waals surface area contributed by atoms with Crippen LogP contribution in [0.2, 0.25) is 0 Å². The molecule has 4 heterocycles. The van der Waals surface area contributed by atoms with Crippen molar-refractivity contribution in [1.29, 1.82) is 0 Å². The van der Waals surface area contributed by atoms with Crippen LogP contribution in [0.25, 0.3) is 16.8 Å². The van der Waals surface area contributed by atoms with Gasteiger partial charge < -0.3 is 20.7 Å². The van der Waals surface area contributed by atoms with Crippen LogP contribution in [0.1, 0.15) is 47.4 Å². The number of piperidine rings is 1. The summed E-state index contributed by atoms with van der Waals surface area (Å²) in [6.07, 6.45) is 6.46. The van der Waals surface area contributed by atoms with E-state index in [2.05, 4.69) is 15.3 Å². The molecule has 10 nitrogen and oxygen atoms in total. The number of rotatable bonds is 6. The second-order valence-corrected chi connectivity index (χ2v) is 10.4. The van der Waals surface area contributed by atoms with Crippen LogP contribution < -0.4 is 11.1 Å². The average molecular weight is 562 g/mol. The predicted molar refractivity (Wildman–Crippen MR) is 160 cm³/mol. The van der Waals surface area contributed by atoms with Gasteiger partial charge >= 0.3 is 6.09 Å². The number of fused-ring (bicyclic) bond motifs is 1. The van der Waals surface area contributed by atoms with E-state index < -0.39 is 0 Å². The fraction of sp³-hybridized carbons (Fsp3) is 0.219. The average Bonchev–Trinajstić information content (AvgIpc) is 3.42. The van der Waals surface area contributed by atoms with E-state index in [0.29, 0.717) is 35.0 Å². The van der Waals surface area contributed by atoms with Crippen molar-refractivity contribution >= 4 is 29.2 Å². The summed E-state index contributed by atoms with van der Waals surface area (Å²) in [5.74, 6) is 1.35. The molecular weight excluding hydrogens is 530 g/mol. The Labute approximate surface area is 243 Å². The molecule has 2 aromatic carbocycles. The van der Waals surface area contributed by atoms with Gasteiger partial charge in [-0.1, -0.05) is 48.5 Å². The molecule has 0 aliphatic carbocycles. The van der Waals surface area contributed by atoms with Crippen molar-refractivity contribution in [2.24, 2.45) is 0 Å². The van der Waals surface area contributed by atoms with Gasteiger partial charge in [0, 0.05) is 48.2 Å². The summed E-state index contributed by atoms with van der Waals surface area (Å²) >= 11 is 0. The van der Waals surface area contributed by atoms with Crippen molar-refractivity contribution in [3.63, 3.8) is 0 Å². The molecule has 10 heteroatoms. The highest BCUT2D eigenvalue weighted by Gasteiger charge is 2.33. The zero-order valence-corrected chi connectivity index (χ0v) is 23.2. The van der Waals surface area contributed by atoms with Crippen LogP contribution in [0.4, 0.5) is 16.4 Å². The molecule has 42 heavy (non-hydrogen) atoms.